The van der Waals surface area contributed by atoms with E-state index in [1.165, 1.54) is 0 Å². The molecule has 1 atom stereocenters. The number of halogens is 1. The van der Waals surface area contributed by atoms with Gasteiger partial charge in [0.15, 0.2) is 34.5 Å². The van der Waals surface area contributed by atoms with Crippen LogP contribution in [0.2, 0.25) is 5.15 Å². The molecule has 1 aliphatic heterocycles. The monoisotopic (exact) mass is 470 g/mol. The third-order valence-corrected chi connectivity index (χ3v) is 4.64. The molecule has 2 rings (SSSR count). The van der Waals surface area contributed by atoms with Crippen molar-refractivity contribution in [2.75, 3.05) is 31.2 Å². The zero-order chi connectivity index (χ0) is 23.5. The Labute approximate surface area is 189 Å². The topological polar surface area (TPSA) is 210 Å². The third-order valence-electron chi connectivity index (χ3n) is 4.36. The molecule has 14 heteroatoms. The molecule has 1 unspecified atom stereocenters. The number of guanidine groups is 1. The van der Waals surface area contributed by atoms with Crippen LogP contribution in [0.4, 0.5) is 16.4 Å². The number of imide groups is 1. The van der Waals surface area contributed by atoms with Gasteiger partial charge in [0.2, 0.25) is 0 Å². The second-order valence-corrected chi connectivity index (χ2v) is 7.26. The molecule has 1 saturated heterocycles. The molecule has 0 bridgehead atoms. The molecule has 1 aliphatic rings. The zero-order valence-corrected chi connectivity index (χ0v) is 18.2. The molecule has 0 radical (unpaired) electrons. The van der Waals surface area contributed by atoms with Crippen LogP contribution in [0.25, 0.3) is 0 Å². The number of alkyl carbamates (subject to hydrolysis) is 1. The van der Waals surface area contributed by atoms with Gasteiger partial charge >= 0.3 is 6.09 Å². The molecule has 1 fully saturated rings. The summed E-state index contributed by atoms with van der Waals surface area (Å²) in [4.78, 5) is 45.9. The van der Waals surface area contributed by atoms with Crippen LogP contribution in [0.5, 0.6) is 0 Å². The molecule has 13 nitrogen and oxygen atoms in total. The number of cyclic esters (lactones) is 1. The van der Waals surface area contributed by atoms with Crippen molar-refractivity contribution >= 4 is 47.1 Å². The van der Waals surface area contributed by atoms with E-state index in [-0.39, 0.29) is 28.4 Å². The van der Waals surface area contributed by atoms with Gasteiger partial charge in [-0.1, -0.05) is 24.4 Å². The van der Waals surface area contributed by atoms with Gasteiger partial charge in [-0.15, -0.1) is 0 Å². The number of anilines is 2. The number of hydrogen-bond acceptors (Lipinski definition) is 10. The van der Waals surface area contributed by atoms with Crippen LogP contribution in [-0.4, -0.2) is 59.7 Å². The van der Waals surface area contributed by atoms with E-state index in [0.717, 1.165) is 25.7 Å². The van der Waals surface area contributed by atoms with E-state index in [1.807, 2.05) is 0 Å². The molecule has 0 aromatic carbocycles. The van der Waals surface area contributed by atoms with Crippen molar-refractivity contribution in [1.82, 2.24) is 20.6 Å². The van der Waals surface area contributed by atoms with E-state index >= 15 is 0 Å². The summed E-state index contributed by atoms with van der Waals surface area (Å²) in [6, 6.07) is 0. The zero-order valence-electron chi connectivity index (χ0n) is 17.4. The van der Waals surface area contributed by atoms with Crippen molar-refractivity contribution in [2.45, 2.75) is 44.6 Å². The van der Waals surface area contributed by atoms with E-state index in [0.29, 0.717) is 32.6 Å². The largest absolute Gasteiger partial charge is 0.436 e. The first-order valence-electron chi connectivity index (χ1n) is 10.1. The second kappa shape index (κ2) is 12.6. The number of hydrogen-bond donors (Lipinski definition) is 5. The van der Waals surface area contributed by atoms with Crippen LogP contribution in [0.15, 0.2) is 4.99 Å². The molecule has 1 aromatic heterocycles. The summed E-state index contributed by atoms with van der Waals surface area (Å²) in [5.41, 5.74) is 16.6. The van der Waals surface area contributed by atoms with Gasteiger partial charge in [0.05, 0.1) is 0 Å². The highest BCUT2D eigenvalue weighted by Gasteiger charge is 2.31. The van der Waals surface area contributed by atoms with E-state index in [4.69, 9.17) is 38.3 Å². The summed E-state index contributed by atoms with van der Waals surface area (Å²) in [5.74, 6) is -1.37. The molecule has 0 spiro atoms. The van der Waals surface area contributed by atoms with Gasteiger partial charge in [-0.05, 0) is 25.7 Å². The number of nitrogens with zero attached hydrogens (tertiary/aromatic N) is 3. The standard InChI is InChI=1S/C18H27ClN8O5/c19-12-14(21)25-13(20)11(24-12)16(29)26-17(22)23-7-3-1-2-4-8-31-9-5-6-10-15(28)27-18(30)32-10/h10H,1-9H2,(H4,20,21,25)(H,27,28,30)(H3,22,23,26,29). The van der Waals surface area contributed by atoms with Gasteiger partial charge < -0.3 is 26.7 Å². The SMILES string of the molecule is NC(=NCCCCCCOCCCC1OC(=O)NC1=O)NC(=O)c1nc(Cl)c(N)nc1N. The summed E-state index contributed by atoms with van der Waals surface area (Å²) in [6.45, 7) is 1.54. The Balaban J connectivity index is 1.50. The average molecular weight is 471 g/mol. The Bertz CT molecular complexity index is 866. The Hall–Kier alpha value is -3.19. The molecule has 2 heterocycles. The number of nitrogen functional groups attached to an aromatic ring is 2. The van der Waals surface area contributed by atoms with Gasteiger partial charge in [-0.3, -0.25) is 25.2 Å². The molecule has 0 aliphatic carbocycles. The van der Waals surface area contributed by atoms with Gasteiger partial charge in [-0.25, -0.2) is 14.8 Å². The van der Waals surface area contributed by atoms with Crippen LogP contribution in [0.3, 0.4) is 0 Å². The summed E-state index contributed by atoms with van der Waals surface area (Å²) < 4.78 is 10.3. The van der Waals surface area contributed by atoms with Gasteiger partial charge in [-0.2, -0.15) is 0 Å². The Morgan fingerprint density at radius 3 is 2.56 bits per heavy atom. The molecule has 8 N–H and O–H groups in total. The molecule has 176 valence electrons. The highest BCUT2D eigenvalue weighted by Crippen LogP contribution is 2.17. The number of aliphatic imine (C=N–C) groups is 1. The second-order valence-electron chi connectivity index (χ2n) is 6.91. The Kier molecular flexibility index (Phi) is 9.88. The van der Waals surface area contributed by atoms with Gasteiger partial charge in [0, 0.05) is 19.8 Å². The highest BCUT2D eigenvalue weighted by atomic mass is 35.5. The van der Waals surface area contributed by atoms with Crippen LogP contribution >= 0.6 is 11.6 Å². The van der Waals surface area contributed by atoms with Crippen molar-refractivity contribution in [1.29, 1.82) is 0 Å². The van der Waals surface area contributed by atoms with Crippen molar-refractivity contribution in [3.05, 3.63) is 10.8 Å². The first-order chi connectivity index (χ1) is 15.3. The highest BCUT2D eigenvalue weighted by molar-refractivity contribution is 6.31. The maximum absolute atomic E-state index is 12.1. The molecule has 32 heavy (non-hydrogen) atoms. The lowest BCUT2D eigenvalue weighted by molar-refractivity contribution is -0.123. The van der Waals surface area contributed by atoms with Crippen molar-refractivity contribution < 1.29 is 23.9 Å². The maximum atomic E-state index is 12.1. The summed E-state index contributed by atoms with van der Waals surface area (Å²) in [7, 11) is 0. The minimum atomic E-state index is -0.710. The third kappa shape index (κ3) is 8.15. The molecule has 0 saturated carbocycles. The molecular weight excluding hydrogens is 444 g/mol. The van der Waals surface area contributed by atoms with Gasteiger partial charge in [0.1, 0.15) is 0 Å². The Morgan fingerprint density at radius 1 is 1.12 bits per heavy atom. The summed E-state index contributed by atoms with van der Waals surface area (Å²) >= 11 is 5.75. The number of carbonyl (C=O) groups is 3. The quantitative estimate of drug-likeness (QED) is 0.160. The average Bonchev–Trinajstić information content (AvgIpc) is 3.05. The first-order valence-corrected chi connectivity index (χ1v) is 10.4. The summed E-state index contributed by atoms with van der Waals surface area (Å²) in [5, 5.41) is 4.33. The lowest BCUT2D eigenvalue weighted by atomic mass is 10.2. The predicted molar refractivity (Wildman–Crippen MR) is 117 cm³/mol. The van der Waals surface area contributed by atoms with Crippen LogP contribution < -0.4 is 27.8 Å². The van der Waals surface area contributed by atoms with E-state index < -0.39 is 24.0 Å². The van der Waals surface area contributed by atoms with E-state index in [9.17, 15) is 14.4 Å². The number of carbonyl (C=O) groups excluding carboxylic acids is 3. The normalized spacial score (nSPS) is 16.0. The number of rotatable bonds is 12. The van der Waals surface area contributed by atoms with Crippen molar-refractivity contribution in [2.24, 2.45) is 10.7 Å². The minimum absolute atomic E-state index is 0.0610. The fourth-order valence-corrected chi connectivity index (χ4v) is 2.88. The van der Waals surface area contributed by atoms with E-state index in [1.54, 1.807) is 0 Å². The fourth-order valence-electron chi connectivity index (χ4n) is 2.75. The van der Waals surface area contributed by atoms with Crippen LogP contribution in [0.1, 0.15) is 49.0 Å². The number of unbranched alkanes of at least 4 members (excludes halogenated alkanes) is 3. The fraction of sp³-hybridized carbons (Fsp3) is 0.556. The van der Waals surface area contributed by atoms with Crippen molar-refractivity contribution in [3.63, 3.8) is 0 Å². The molecular formula is C18H27ClN8O5. The number of nitrogens with two attached hydrogens (primary N) is 3. The maximum Gasteiger partial charge on any atom is 0.414 e. The summed E-state index contributed by atoms with van der Waals surface area (Å²) in [6.07, 6.45) is 3.19. The smallest absolute Gasteiger partial charge is 0.414 e. The molecule has 3 amide bonds. The van der Waals surface area contributed by atoms with Crippen LogP contribution in [0, 0.1) is 0 Å². The van der Waals surface area contributed by atoms with Gasteiger partial charge in [0.25, 0.3) is 11.8 Å². The number of nitrogens with one attached hydrogen (secondary N) is 2. The number of amides is 3. The van der Waals surface area contributed by atoms with Crippen molar-refractivity contribution in [3.8, 4) is 0 Å². The molecule has 1 aromatic rings. The predicted octanol–water partition coefficient (Wildman–Crippen LogP) is 0.331. The lowest BCUT2D eigenvalue weighted by Gasteiger charge is -2.07. The van der Waals surface area contributed by atoms with Crippen LogP contribution in [-0.2, 0) is 14.3 Å². The Morgan fingerprint density at radius 2 is 1.84 bits per heavy atom. The van der Waals surface area contributed by atoms with E-state index in [2.05, 4.69) is 25.6 Å². The number of aromatic nitrogens is 2. The number of ether oxygens (including phenoxy) is 2. The first kappa shape index (κ1) is 25.1. The lowest BCUT2D eigenvalue weighted by Crippen LogP contribution is -2.38. The minimum Gasteiger partial charge on any atom is -0.436 e.